The SMILES string of the molecule is CCNC(Cc1ccnc(N)c1)C(OCC)C(C)(C)C. The first-order chi connectivity index (χ1) is 9.38. The molecule has 4 heteroatoms. The molecule has 1 heterocycles. The molecule has 0 saturated heterocycles. The van der Waals surface area contributed by atoms with Crippen LogP contribution < -0.4 is 11.1 Å². The molecule has 0 aliphatic carbocycles. The fourth-order valence-corrected chi connectivity index (χ4v) is 2.57. The summed E-state index contributed by atoms with van der Waals surface area (Å²) in [7, 11) is 0. The number of ether oxygens (including phenoxy) is 1. The summed E-state index contributed by atoms with van der Waals surface area (Å²) in [5.74, 6) is 0.571. The maximum absolute atomic E-state index is 6.01. The van der Waals surface area contributed by atoms with Crippen molar-refractivity contribution in [2.75, 3.05) is 18.9 Å². The average molecular weight is 279 g/mol. The second-order valence-electron chi connectivity index (χ2n) is 6.20. The maximum Gasteiger partial charge on any atom is 0.123 e. The van der Waals surface area contributed by atoms with Crippen LogP contribution in [0.1, 0.15) is 40.2 Å². The largest absolute Gasteiger partial charge is 0.384 e. The molecule has 0 bridgehead atoms. The molecule has 0 aliphatic heterocycles. The van der Waals surface area contributed by atoms with Crippen molar-refractivity contribution >= 4 is 5.82 Å². The number of hydrogen-bond donors (Lipinski definition) is 2. The Balaban J connectivity index is 2.90. The molecular weight excluding hydrogens is 250 g/mol. The number of rotatable bonds is 7. The lowest BCUT2D eigenvalue weighted by Crippen LogP contribution is -2.49. The summed E-state index contributed by atoms with van der Waals surface area (Å²) < 4.78 is 6.01. The summed E-state index contributed by atoms with van der Waals surface area (Å²) in [5, 5.41) is 3.56. The molecule has 0 amide bonds. The second kappa shape index (κ2) is 7.60. The number of pyridine rings is 1. The molecule has 0 radical (unpaired) electrons. The van der Waals surface area contributed by atoms with Crippen LogP contribution in [0.3, 0.4) is 0 Å². The maximum atomic E-state index is 6.01. The Morgan fingerprint density at radius 3 is 2.55 bits per heavy atom. The Morgan fingerprint density at radius 1 is 1.35 bits per heavy atom. The highest BCUT2D eigenvalue weighted by Gasteiger charge is 2.32. The van der Waals surface area contributed by atoms with Gasteiger partial charge in [0.25, 0.3) is 0 Å². The van der Waals surface area contributed by atoms with Crippen LogP contribution in [0, 0.1) is 5.41 Å². The van der Waals surface area contributed by atoms with E-state index in [0.717, 1.165) is 19.6 Å². The molecule has 20 heavy (non-hydrogen) atoms. The number of nitrogens with two attached hydrogens (primary N) is 1. The smallest absolute Gasteiger partial charge is 0.123 e. The zero-order chi connectivity index (χ0) is 15.2. The van der Waals surface area contributed by atoms with Gasteiger partial charge >= 0.3 is 0 Å². The van der Waals surface area contributed by atoms with Gasteiger partial charge in [-0.05, 0) is 43.0 Å². The quantitative estimate of drug-likeness (QED) is 0.805. The number of hydrogen-bond acceptors (Lipinski definition) is 4. The van der Waals surface area contributed by atoms with E-state index in [1.54, 1.807) is 6.20 Å². The predicted octanol–water partition coefficient (Wildman–Crippen LogP) is 2.64. The van der Waals surface area contributed by atoms with Crippen molar-refractivity contribution in [1.29, 1.82) is 0 Å². The van der Waals surface area contributed by atoms with E-state index in [9.17, 15) is 0 Å². The Morgan fingerprint density at radius 2 is 2.05 bits per heavy atom. The Bertz CT molecular complexity index is 401. The normalized spacial score (nSPS) is 15.1. The molecule has 1 aromatic rings. The highest BCUT2D eigenvalue weighted by molar-refractivity contribution is 5.32. The number of nitrogen functional groups attached to an aromatic ring is 1. The second-order valence-corrected chi connectivity index (χ2v) is 6.20. The van der Waals surface area contributed by atoms with Gasteiger partial charge in [-0.3, -0.25) is 0 Å². The van der Waals surface area contributed by atoms with E-state index in [1.807, 2.05) is 19.1 Å². The van der Waals surface area contributed by atoms with Crippen molar-refractivity contribution < 1.29 is 4.74 Å². The minimum Gasteiger partial charge on any atom is -0.384 e. The van der Waals surface area contributed by atoms with Crippen molar-refractivity contribution in [2.24, 2.45) is 5.41 Å². The number of nitrogens with one attached hydrogen (secondary N) is 1. The molecule has 3 N–H and O–H groups in total. The van der Waals surface area contributed by atoms with E-state index in [4.69, 9.17) is 10.5 Å². The summed E-state index contributed by atoms with van der Waals surface area (Å²) in [6.45, 7) is 12.5. The predicted molar refractivity (Wildman–Crippen MR) is 84.7 cm³/mol. The minimum atomic E-state index is 0.0847. The Kier molecular flexibility index (Phi) is 6.43. The zero-order valence-electron chi connectivity index (χ0n) is 13.4. The van der Waals surface area contributed by atoms with E-state index in [2.05, 4.69) is 38.0 Å². The number of likely N-dealkylation sites (N-methyl/N-ethyl adjacent to an activating group) is 1. The van der Waals surface area contributed by atoms with E-state index in [1.165, 1.54) is 5.56 Å². The molecule has 2 unspecified atom stereocenters. The van der Waals surface area contributed by atoms with Gasteiger partial charge in [0.1, 0.15) is 5.82 Å². The molecule has 0 saturated carbocycles. The number of aromatic nitrogens is 1. The lowest BCUT2D eigenvalue weighted by Gasteiger charge is -2.37. The van der Waals surface area contributed by atoms with Gasteiger partial charge in [0.2, 0.25) is 0 Å². The molecule has 114 valence electrons. The number of nitrogens with zero attached hydrogens (tertiary/aromatic N) is 1. The Labute approximate surface area is 123 Å². The van der Waals surface area contributed by atoms with Crippen LogP contribution in [0.4, 0.5) is 5.82 Å². The topological polar surface area (TPSA) is 60.2 Å². The summed E-state index contributed by atoms with van der Waals surface area (Å²) in [5.41, 5.74) is 7.04. The monoisotopic (exact) mass is 279 g/mol. The summed E-state index contributed by atoms with van der Waals surface area (Å²) in [6, 6.07) is 4.23. The van der Waals surface area contributed by atoms with Crippen molar-refractivity contribution in [2.45, 2.75) is 53.2 Å². The molecule has 1 rings (SSSR count). The van der Waals surface area contributed by atoms with Crippen LogP contribution in [0.2, 0.25) is 0 Å². The molecular formula is C16H29N3O. The molecule has 0 spiro atoms. The average Bonchev–Trinajstić information content (AvgIpc) is 2.34. The standard InChI is InChI=1S/C16H29N3O/c1-6-18-13(15(20-7-2)16(3,4)5)10-12-8-9-19-14(17)11-12/h8-9,11,13,15,18H,6-7,10H2,1-5H3,(H2,17,19). The van der Waals surface area contributed by atoms with Gasteiger partial charge in [0, 0.05) is 18.8 Å². The van der Waals surface area contributed by atoms with Crippen LogP contribution in [0.5, 0.6) is 0 Å². The fourth-order valence-electron chi connectivity index (χ4n) is 2.57. The van der Waals surface area contributed by atoms with Crippen molar-refractivity contribution in [3.8, 4) is 0 Å². The van der Waals surface area contributed by atoms with E-state index >= 15 is 0 Å². The summed E-state index contributed by atoms with van der Waals surface area (Å²) >= 11 is 0. The fraction of sp³-hybridized carbons (Fsp3) is 0.688. The van der Waals surface area contributed by atoms with Crippen LogP contribution in [-0.2, 0) is 11.2 Å². The van der Waals surface area contributed by atoms with E-state index in [-0.39, 0.29) is 17.6 Å². The highest BCUT2D eigenvalue weighted by Crippen LogP contribution is 2.27. The van der Waals surface area contributed by atoms with Crippen LogP contribution in [0.25, 0.3) is 0 Å². The van der Waals surface area contributed by atoms with Crippen LogP contribution >= 0.6 is 0 Å². The van der Waals surface area contributed by atoms with Gasteiger partial charge in [0.15, 0.2) is 0 Å². The Hall–Kier alpha value is -1.13. The first-order valence-corrected chi connectivity index (χ1v) is 7.43. The lowest BCUT2D eigenvalue weighted by atomic mass is 9.82. The minimum absolute atomic E-state index is 0.0847. The van der Waals surface area contributed by atoms with Crippen molar-refractivity contribution in [1.82, 2.24) is 10.3 Å². The van der Waals surface area contributed by atoms with E-state index in [0.29, 0.717) is 5.82 Å². The van der Waals surface area contributed by atoms with Crippen LogP contribution in [-0.4, -0.2) is 30.3 Å². The van der Waals surface area contributed by atoms with Gasteiger partial charge in [-0.15, -0.1) is 0 Å². The van der Waals surface area contributed by atoms with Gasteiger partial charge in [0.05, 0.1) is 6.10 Å². The van der Waals surface area contributed by atoms with Gasteiger partial charge < -0.3 is 15.8 Å². The van der Waals surface area contributed by atoms with Crippen LogP contribution in [0.15, 0.2) is 18.3 Å². The molecule has 0 aromatic carbocycles. The van der Waals surface area contributed by atoms with Gasteiger partial charge in [-0.1, -0.05) is 27.7 Å². The third-order valence-corrected chi connectivity index (χ3v) is 3.33. The molecule has 0 fully saturated rings. The summed E-state index contributed by atoms with van der Waals surface area (Å²) in [4.78, 5) is 4.05. The molecule has 1 aromatic heterocycles. The third-order valence-electron chi connectivity index (χ3n) is 3.33. The van der Waals surface area contributed by atoms with Gasteiger partial charge in [-0.2, -0.15) is 0 Å². The molecule has 0 aliphatic rings. The number of anilines is 1. The first kappa shape index (κ1) is 16.9. The van der Waals surface area contributed by atoms with E-state index < -0.39 is 0 Å². The lowest BCUT2D eigenvalue weighted by molar-refractivity contribution is -0.0352. The third kappa shape index (κ3) is 5.10. The molecule has 4 nitrogen and oxygen atoms in total. The first-order valence-electron chi connectivity index (χ1n) is 7.43. The summed E-state index contributed by atoms with van der Waals surface area (Å²) in [6.07, 6.45) is 2.81. The molecule has 2 atom stereocenters. The van der Waals surface area contributed by atoms with Crippen molar-refractivity contribution in [3.63, 3.8) is 0 Å². The highest BCUT2D eigenvalue weighted by atomic mass is 16.5. The van der Waals surface area contributed by atoms with Gasteiger partial charge in [-0.25, -0.2) is 4.98 Å². The zero-order valence-corrected chi connectivity index (χ0v) is 13.4. The van der Waals surface area contributed by atoms with Crippen molar-refractivity contribution in [3.05, 3.63) is 23.9 Å².